The van der Waals surface area contributed by atoms with Gasteiger partial charge in [-0.3, -0.25) is 4.98 Å². The van der Waals surface area contributed by atoms with Gasteiger partial charge in [-0.25, -0.2) is 4.79 Å². The maximum atomic E-state index is 12.4. The van der Waals surface area contributed by atoms with Crippen LogP contribution in [0.1, 0.15) is 52.0 Å². The quantitative estimate of drug-likeness (QED) is 0.459. The van der Waals surface area contributed by atoms with Crippen molar-refractivity contribution in [2.75, 3.05) is 31.5 Å². The maximum Gasteiger partial charge on any atom is 0.410 e. The molecule has 1 amide bonds. The Labute approximate surface area is 225 Å². The van der Waals surface area contributed by atoms with Gasteiger partial charge in [-0.05, 0) is 93.3 Å². The predicted octanol–water partition coefficient (Wildman–Crippen LogP) is 6.05. The summed E-state index contributed by atoms with van der Waals surface area (Å²) in [5, 5.41) is 15.4. The van der Waals surface area contributed by atoms with Crippen LogP contribution in [-0.2, 0) is 4.74 Å². The lowest BCUT2D eigenvalue weighted by Gasteiger charge is -2.42. The zero-order valence-electron chi connectivity index (χ0n) is 22.6. The number of hydrogen-bond acceptors (Lipinski definition) is 6. The van der Waals surface area contributed by atoms with Crippen LogP contribution in [0.4, 0.5) is 10.5 Å². The minimum Gasteiger partial charge on any atom is -0.444 e. The third-order valence-corrected chi connectivity index (χ3v) is 7.60. The molecule has 0 radical (unpaired) electrons. The molecule has 0 saturated carbocycles. The lowest BCUT2D eigenvalue weighted by atomic mass is 9.96. The van der Waals surface area contributed by atoms with Crippen LogP contribution in [0.3, 0.4) is 0 Å². The van der Waals surface area contributed by atoms with Gasteiger partial charge < -0.3 is 19.9 Å². The number of hydrogen-bond donors (Lipinski definition) is 1. The summed E-state index contributed by atoms with van der Waals surface area (Å²) in [7, 11) is 0. The third-order valence-electron chi connectivity index (χ3n) is 7.60. The van der Waals surface area contributed by atoms with E-state index in [0.717, 1.165) is 79.4 Å². The fraction of sp³-hybridized carbons (Fsp3) is 0.452. The summed E-state index contributed by atoms with van der Waals surface area (Å²) in [6, 6.07) is 17.3. The summed E-state index contributed by atoms with van der Waals surface area (Å²) < 4.78 is 5.55. The fourth-order valence-corrected chi connectivity index (χ4v) is 5.62. The standard InChI is InChI=1S/C31H37N5O2/c1-31(2,3)38-30(37)36-15-10-27(11-16-36)35-13-8-26(9-14-35)34-29-19-25(18-24-7-12-33-21-28(24)29)23-6-4-5-22(17-23)20-32/h4-7,12,17-19,21,26-27,34H,8-11,13-16H2,1-3H3. The molecular weight excluding hydrogens is 474 g/mol. The molecule has 7 nitrogen and oxygen atoms in total. The van der Waals surface area contributed by atoms with Crippen molar-refractivity contribution in [3.05, 3.63) is 60.4 Å². The van der Waals surface area contributed by atoms with Crippen molar-refractivity contribution in [2.24, 2.45) is 0 Å². The van der Waals surface area contributed by atoms with E-state index < -0.39 is 5.60 Å². The summed E-state index contributed by atoms with van der Waals surface area (Å²) in [5.74, 6) is 0. The van der Waals surface area contributed by atoms with Crippen molar-refractivity contribution in [1.82, 2.24) is 14.8 Å². The number of aromatic nitrogens is 1. The van der Waals surface area contributed by atoms with Crippen molar-refractivity contribution in [2.45, 2.75) is 64.1 Å². The highest BCUT2D eigenvalue weighted by Gasteiger charge is 2.31. The number of piperidine rings is 2. The number of benzene rings is 2. The van der Waals surface area contributed by atoms with Crippen LogP contribution in [0.2, 0.25) is 0 Å². The minimum absolute atomic E-state index is 0.192. The number of anilines is 1. The number of likely N-dealkylation sites (tertiary alicyclic amines) is 2. The molecular formula is C31H37N5O2. The number of ether oxygens (including phenoxy) is 1. The van der Waals surface area contributed by atoms with Gasteiger partial charge in [0.2, 0.25) is 0 Å². The first kappa shape index (κ1) is 26.0. The highest BCUT2D eigenvalue weighted by Crippen LogP contribution is 2.33. The largest absolute Gasteiger partial charge is 0.444 e. The number of carbonyl (C=O) groups excluding carboxylic acids is 1. The molecule has 5 rings (SSSR count). The van der Waals surface area contributed by atoms with Crippen molar-refractivity contribution in [3.63, 3.8) is 0 Å². The fourth-order valence-electron chi connectivity index (χ4n) is 5.62. The molecule has 2 aliphatic rings. The molecule has 2 fully saturated rings. The van der Waals surface area contributed by atoms with Crippen LogP contribution in [0.5, 0.6) is 0 Å². The van der Waals surface area contributed by atoms with Crippen LogP contribution in [0.15, 0.2) is 54.9 Å². The van der Waals surface area contributed by atoms with Crippen LogP contribution in [0, 0.1) is 11.3 Å². The number of nitrogens with one attached hydrogen (secondary N) is 1. The molecule has 0 aliphatic carbocycles. The molecule has 0 spiro atoms. The van der Waals surface area contributed by atoms with Gasteiger partial charge in [0, 0.05) is 61.7 Å². The number of fused-ring (bicyclic) bond motifs is 1. The number of amides is 1. The van der Waals surface area contributed by atoms with Crippen LogP contribution >= 0.6 is 0 Å². The van der Waals surface area contributed by atoms with Gasteiger partial charge >= 0.3 is 6.09 Å². The van der Waals surface area contributed by atoms with E-state index in [0.29, 0.717) is 17.6 Å². The monoisotopic (exact) mass is 511 g/mol. The average Bonchev–Trinajstić information content (AvgIpc) is 2.92. The second-order valence-corrected chi connectivity index (χ2v) is 11.5. The second kappa shape index (κ2) is 11.0. The van der Waals surface area contributed by atoms with E-state index >= 15 is 0 Å². The molecule has 0 atom stereocenters. The normalized spacial score (nSPS) is 17.8. The molecule has 2 aromatic carbocycles. The topological polar surface area (TPSA) is 81.5 Å². The summed E-state index contributed by atoms with van der Waals surface area (Å²) in [4.78, 5) is 21.3. The smallest absolute Gasteiger partial charge is 0.410 e. The van der Waals surface area contributed by atoms with E-state index in [4.69, 9.17) is 4.74 Å². The molecule has 1 aromatic heterocycles. The molecule has 1 N–H and O–H groups in total. The molecule has 3 heterocycles. The van der Waals surface area contributed by atoms with E-state index in [1.54, 1.807) is 0 Å². The first-order valence-electron chi connectivity index (χ1n) is 13.7. The summed E-state index contributed by atoms with van der Waals surface area (Å²) in [5.41, 5.74) is 3.44. The van der Waals surface area contributed by atoms with E-state index in [2.05, 4.69) is 39.5 Å². The molecule has 3 aromatic rings. The Balaban J connectivity index is 1.22. The van der Waals surface area contributed by atoms with Gasteiger partial charge in [0.05, 0.1) is 11.6 Å². The van der Waals surface area contributed by atoms with Gasteiger partial charge in [-0.2, -0.15) is 5.26 Å². The maximum absolute atomic E-state index is 12.4. The summed E-state index contributed by atoms with van der Waals surface area (Å²) in [6.45, 7) is 9.36. The van der Waals surface area contributed by atoms with E-state index in [9.17, 15) is 10.1 Å². The predicted molar refractivity (Wildman–Crippen MR) is 151 cm³/mol. The summed E-state index contributed by atoms with van der Waals surface area (Å²) in [6.07, 6.45) is 7.70. The number of nitrogens with zero attached hydrogens (tertiary/aromatic N) is 4. The van der Waals surface area contributed by atoms with E-state index in [-0.39, 0.29) is 6.09 Å². The summed E-state index contributed by atoms with van der Waals surface area (Å²) >= 11 is 0. The van der Waals surface area contributed by atoms with E-state index in [1.807, 2.05) is 62.3 Å². The highest BCUT2D eigenvalue weighted by atomic mass is 16.6. The van der Waals surface area contributed by atoms with Gasteiger partial charge in [-0.1, -0.05) is 12.1 Å². The van der Waals surface area contributed by atoms with Crippen molar-refractivity contribution < 1.29 is 9.53 Å². The molecule has 38 heavy (non-hydrogen) atoms. The Morgan fingerprint density at radius 3 is 2.50 bits per heavy atom. The number of nitriles is 1. The van der Waals surface area contributed by atoms with Crippen molar-refractivity contribution >= 4 is 22.6 Å². The zero-order chi connectivity index (χ0) is 26.7. The number of pyridine rings is 1. The van der Waals surface area contributed by atoms with Crippen LogP contribution < -0.4 is 5.32 Å². The highest BCUT2D eigenvalue weighted by molar-refractivity contribution is 5.97. The Hall–Kier alpha value is -3.63. The molecule has 198 valence electrons. The molecule has 0 bridgehead atoms. The first-order chi connectivity index (χ1) is 18.3. The zero-order valence-corrected chi connectivity index (χ0v) is 22.6. The third kappa shape index (κ3) is 6.08. The van der Waals surface area contributed by atoms with Crippen molar-refractivity contribution in [1.29, 1.82) is 5.26 Å². The van der Waals surface area contributed by atoms with Gasteiger partial charge in [0.1, 0.15) is 5.60 Å². The second-order valence-electron chi connectivity index (χ2n) is 11.5. The van der Waals surface area contributed by atoms with Crippen LogP contribution in [-0.4, -0.2) is 64.7 Å². The molecule has 7 heteroatoms. The molecule has 2 aliphatic heterocycles. The van der Waals surface area contributed by atoms with E-state index in [1.165, 1.54) is 0 Å². The lowest BCUT2D eigenvalue weighted by molar-refractivity contribution is 0.0129. The number of carbonyl (C=O) groups is 1. The molecule has 2 saturated heterocycles. The number of rotatable bonds is 4. The Kier molecular flexibility index (Phi) is 7.53. The van der Waals surface area contributed by atoms with Crippen LogP contribution in [0.25, 0.3) is 21.9 Å². The molecule has 0 unspecified atom stereocenters. The van der Waals surface area contributed by atoms with Gasteiger partial charge in [-0.15, -0.1) is 0 Å². The van der Waals surface area contributed by atoms with Gasteiger partial charge in [0.25, 0.3) is 0 Å². The first-order valence-corrected chi connectivity index (χ1v) is 13.7. The Bertz CT molecular complexity index is 1330. The average molecular weight is 512 g/mol. The lowest BCUT2D eigenvalue weighted by Crippen LogP contribution is -2.50. The minimum atomic E-state index is -0.454. The SMILES string of the molecule is CC(C)(C)OC(=O)N1CCC(N2CCC(Nc3cc(-c4cccc(C#N)c4)cc4ccncc34)CC2)CC1. The van der Waals surface area contributed by atoms with Gasteiger partial charge in [0.15, 0.2) is 0 Å². The Morgan fingerprint density at radius 2 is 1.79 bits per heavy atom. The van der Waals surface area contributed by atoms with Crippen molar-refractivity contribution in [3.8, 4) is 17.2 Å². The Morgan fingerprint density at radius 1 is 1.03 bits per heavy atom.